The molecule has 0 aromatic carbocycles. The van der Waals surface area contributed by atoms with Crippen LogP contribution in [-0.2, 0) is 0 Å². The lowest BCUT2D eigenvalue weighted by Crippen LogP contribution is -2.48. The van der Waals surface area contributed by atoms with E-state index in [0.717, 1.165) is 13.1 Å². The van der Waals surface area contributed by atoms with Crippen LogP contribution < -0.4 is 5.73 Å². The number of nitrogens with zero attached hydrogens (tertiary/aromatic N) is 3. The zero-order valence-corrected chi connectivity index (χ0v) is 11.2. The molecule has 5 nitrogen and oxygen atoms in total. The summed E-state index contributed by atoms with van der Waals surface area (Å²) in [5.74, 6) is 2.50. The molecular weight excluding hydrogens is 264 g/mol. The largest absolute Gasteiger partial charge is 0.397 e. The van der Waals surface area contributed by atoms with Gasteiger partial charge in [-0.2, -0.15) is 0 Å². The Labute approximate surface area is 117 Å². The van der Waals surface area contributed by atoms with Gasteiger partial charge < -0.3 is 10.6 Å². The molecule has 0 saturated carbocycles. The van der Waals surface area contributed by atoms with Gasteiger partial charge in [0.05, 0.1) is 24.0 Å². The summed E-state index contributed by atoms with van der Waals surface area (Å²) in [6, 6.07) is 1.51. The van der Waals surface area contributed by atoms with Crippen molar-refractivity contribution in [3.05, 3.63) is 23.0 Å². The quantitative estimate of drug-likeness (QED) is 0.639. The van der Waals surface area contributed by atoms with Crippen molar-refractivity contribution in [1.82, 2.24) is 14.8 Å². The summed E-state index contributed by atoms with van der Waals surface area (Å²) in [7, 11) is 0. The van der Waals surface area contributed by atoms with Gasteiger partial charge in [0, 0.05) is 26.2 Å². The first-order valence-electron chi connectivity index (χ1n) is 5.98. The Bertz CT molecular complexity index is 518. The highest BCUT2D eigenvalue weighted by Gasteiger charge is 2.23. The number of pyridine rings is 1. The molecule has 2 rings (SSSR count). The number of nitrogen functional groups attached to an aromatic ring is 1. The zero-order chi connectivity index (χ0) is 13.8. The molecule has 1 saturated heterocycles. The van der Waals surface area contributed by atoms with Crippen LogP contribution in [0, 0.1) is 12.3 Å². The molecule has 0 radical (unpaired) electrons. The standard InChI is InChI=1S/C13H15ClN4O/c1-2-3-17-4-6-18(7-5-17)13(19)10-8-12(14)16-9-11(10)15/h1,8-9H,3-7,15H2. The fourth-order valence-corrected chi connectivity index (χ4v) is 2.19. The molecule has 19 heavy (non-hydrogen) atoms. The number of terminal acetylenes is 1. The lowest BCUT2D eigenvalue weighted by atomic mass is 10.2. The van der Waals surface area contributed by atoms with Gasteiger partial charge in [0.2, 0.25) is 0 Å². The number of hydrogen-bond acceptors (Lipinski definition) is 4. The van der Waals surface area contributed by atoms with Crippen molar-refractivity contribution < 1.29 is 4.79 Å². The van der Waals surface area contributed by atoms with Crippen LogP contribution >= 0.6 is 11.6 Å². The third-order valence-electron chi connectivity index (χ3n) is 3.11. The van der Waals surface area contributed by atoms with Gasteiger partial charge in [-0.1, -0.05) is 17.5 Å². The van der Waals surface area contributed by atoms with E-state index in [9.17, 15) is 4.79 Å². The topological polar surface area (TPSA) is 62.5 Å². The molecule has 1 amide bonds. The normalized spacial score (nSPS) is 16.1. The van der Waals surface area contributed by atoms with E-state index in [-0.39, 0.29) is 11.1 Å². The molecule has 2 N–H and O–H groups in total. The summed E-state index contributed by atoms with van der Waals surface area (Å²) in [6.45, 7) is 3.44. The van der Waals surface area contributed by atoms with Crippen molar-refractivity contribution in [3.8, 4) is 12.3 Å². The Balaban J connectivity index is 2.05. The molecule has 1 aliphatic heterocycles. The lowest BCUT2D eigenvalue weighted by molar-refractivity contribution is 0.0653. The zero-order valence-electron chi connectivity index (χ0n) is 10.5. The van der Waals surface area contributed by atoms with Crippen LogP contribution in [0.5, 0.6) is 0 Å². The van der Waals surface area contributed by atoms with Crippen molar-refractivity contribution >= 4 is 23.2 Å². The van der Waals surface area contributed by atoms with Crippen LogP contribution in [-0.4, -0.2) is 53.4 Å². The number of hydrogen-bond donors (Lipinski definition) is 1. The predicted molar refractivity (Wildman–Crippen MR) is 74.8 cm³/mol. The fourth-order valence-electron chi connectivity index (χ4n) is 2.03. The second kappa shape index (κ2) is 5.91. The number of nitrogens with two attached hydrogens (primary N) is 1. The van der Waals surface area contributed by atoms with Crippen LogP contribution in [0.1, 0.15) is 10.4 Å². The van der Waals surface area contributed by atoms with E-state index in [1.54, 1.807) is 4.90 Å². The highest BCUT2D eigenvalue weighted by Crippen LogP contribution is 2.18. The van der Waals surface area contributed by atoms with Crippen LogP contribution in [0.3, 0.4) is 0 Å². The Hall–Kier alpha value is -1.77. The summed E-state index contributed by atoms with van der Waals surface area (Å²) in [5, 5.41) is 0.267. The molecule has 1 fully saturated rings. The summed E-state index contributed by atoms with van der Waals surface area (Å²) < 4.78 is 0. The summed E-state index contributed by atoms with van der Waals surface area (Å²) in [4.78, 5) is 20.1. The molecule has 100 valence electrons. The van der Waals surface area contributed by atoms with Crippen molar-refractivity contribution in [2.24, 2.45) is 0 Å². The molecule has 0 aliphatic carbocycles. The lowest BCUT2D eigenvalue weighted by Gasteiger charge is -2.33. The van der Waals surface area contributed by atoms with E-state index in [4.69, 9.17) is 23.8 Å². The monoisotopic (exact) mass is 278 g/mol. The minimum atomic E-state index is -0.109. The fraction of sp³-hybridized carbons (Fsp3) is 0.385. The van der Waals surface area contributed by atoms with Crippen LogP contribution in [0.2, 0.25) is 5.15 Å². The van der Waals surface area contributed by atoms with Crippen LogP contribution in [0.4, 0.5) is 5.69 Å². The van der Waals surface area contributed by atoms with E-state index < -0.39 is 0 Å². The molecule has 0 atom stereocenters. The van der Waals surface area contributed by atoms with Gasteiger partial charge in [0.15, 0.2) is 0 Å². The smallest absolute Gasteiger partial charge is 0.256 e. The maximum Gasteiger partial charge on any atom is 0.256 e. The number of aromatic nitrogens is 1. The average Bonchev–Trinajstić information content (AvgIpc) is 2.42. The molecule has 0 bridgehead atoms. The molecule has 1 aliphatic rings. The van der Waals surface area contributed by atoms with Gasteiger partial charge in [-0.3, -0.25) is 9.69 Å². The van der Waals surface area contributed by atoms with E-state index in [1.807, 2.05) is 0 Å². The number of rotatable bonds is 2. The van der Waals surface area contributed by atoms with Crippen LogP contribution in [0.15, 0.2) is 12.3 Å². The van der Waals surface area contributed by atoms with Crippen molar-refractivity contribution in [2.45, 2.75) is 0 Å². The maximum atomic E-state index is 12.3. The van der Waals surface area contributed by atoms with Gasteiger partial charge in [0.25, 0.3) is 5.91 Å². The minimum absolute atomic E-state index is 0.109. The maximum absolute atomic E-state index is 12.3. The summed E-state index contributed by atoms with van der Waals surface area (Å²) in [6.07, 6.45) is 6.68. The average molecular weight is 279 g/mol. The SMILES string of the molecule is C#CCN1CCN(C(=O)c2cc(Cl)ncc2N)CC1. The first-order chi connectivity index (χ1) is 9.11. The number of piperazine rings is 1. The van der Waals surface area contributed by atoms with E-state index in [2.05, 4.69) is 15.8 Å². The van der Waals surface area contributed by atoms with Gasteiger partial charge in [-0.05, 0) is 6.07 Å². The van der Waals surface area contributed by atoms with Crippen molar-refractivity contribution in [1.29, 1.82) is 0 Å². The van der Waals surface area contributed by atoms with E-state index in [1.165, 1.54) is 12.3 Å². The number of carbonyl (C=O) groups excluding carboxylic acids is 1. The highest BCUT2D eigenvalue weighted by molar-refractivity contribution is 6.29. The number of amides is 1. The molecular formula is C13H15ClN4O. The summed E-state index contributed by atoms with van der Waals surface area (Å²) in [5.41, 5.74) is 6.52. The Kier molecular flexibility index (Phi) is 4.25. The summed E-state index contributed by atoms with van der Waals surface area (Å²) >= 11 is 5.80. The van der Waals surface area contributed by atoms with Crippen molar-refractivity contribution in [2.75, 3.05) is 38.5 Å². The van der Waals surface area contributed by atoms with Gasteiger partial charge in [-0.15, -0.1) is 6.42 Å². The van der Waals surface area contributed by atoms with E-state index in [0.29, 0.717) is 30.9 Å². The molecule has 1 aromatic heterocycles. The van der Waals surface area contributed by atoms with Gasteiger partial charge in [0.1, 0.15) is 5.15 Å². The predicted octanol–water partition coefficient (Wildman–Crippen LogP) is 0.708. The number of carbonyl (C=O) groups is 1. The van der Waals surface area contributed by atoms with E-state index >= 15 is 0 Å². The second-order valence-corrected chi connectivity index (χ2v) is 4.75. The molecule has 1 aromatic rings. The van der Waals surface area contributed by atoms with Gasteiger partial charge in [-0.25, -0.2) is 4.98 Å². The van der Waals surface area contributed by atoms with Gasteiger partial charge >= 0.3 is 0 Å². The van der Waals surface area contributed by atoms with Crippen molar-refractivity contribution in [3.63, 3.8) is 0 Å². The Morgan fingerprint density at radius 2 is 2.16 bits per heavy atom. The molecule has 2 heterocycles. The first kappa shape index (κ1) is 13.7. The Morgan fingerprint density at radius 3 is 2.79 bits per heavy atom. The van der Waals surface area contributed by atoms with Crippen LogP contribution in [0.25, 0.3) is 0 Å². The highest BCUT2D eigenvalue weighted by atomic mass is 35.5. The number of halogens is 1. The Morgan fingerprint density at radius 1 is 1.47 bits per heavy atom. The molecule has 0 unspecified atom stereocenters. The third-order valence-corrected chi connectivity index (χ3v) is 3.31. The first-order valence-corrected chi connectivity index (χ1v) is 6.35. The second-order valence-electron chi connectivity index (χ2n) is 4.37. The third kappa shape index (κ3) is 3.16. The molecule has 6 heteroatoms. The molecule has 0 spiro atoms. The number of anilines is 1. The minimum Gasteiger partial charge on any atom is -0.397 e.